The van der Waals surface area contributed by atoms with E-state index in [1.165, 1.54) is 24.8 Å². The Hall–Kier alpha value is -1.70. The second kappa shape index (κ2) is 6.46. The summed E-state index contributed by atoms with van der Waals surface area (Å²) in [5, 5.41) is 11.7. The zero-order chi connectivity index (χ0) is 13.7. The molecule has 0 atom stereocenters. The van der Waals surface area contributed by atoms with Crippen LogP contribution in [0.5, 0.6) is 11.5 Å². The number of rotatable bonds is 6. The van der Waals surface area contributed by atoms with Gasteiger partial charge in [0.2, 0.25) is 0 Å². The number of ether oxygens (including phenoxy) is 1. The van der Waals surface area contributed by atoms with Crippen molar-refractivity contribution in [2.75, 3.05) is 6.61 Å². The molecule has 2 aromatic carbocycles. The summed E-state index contributed by atoms with van der Waals surface area (Å²) >= 11 is 0. The lowest BCUT2D eigenvalue weighted by atomic mass is 10.1. The summed E-state index contributed by atoms with van der Waals surface area (Å²) < 4.78 is 5.86. The number of phenolic OH excluding ortho intramolecular Hbond substituents is 1. The predicted octanol–water partition coefficient (Wildman–Crippen LogP) is 4.81. The molecule has 0 unspecified atom stereocenters. The Morgan fingerprint density at radius 3 is 2.63 bits per heavy atom. The normalized spacial score (nSPS) is 10.8. The minimum absolute atomic E-state index is 0.313. The molecule has 1 N–H and O–H groups in total. The minimum Gasteiger partial charge on any atom is -0.507 e. The lowest BCUT2D eigenvalue weighted by Gasteiger charge is -2.11. The fourth-order valence-corrected chi connectivity index (χ4v) is 2.26. The summed E-state index contributed by atoms with van der Waals surface area (Å²) in [6.45, 7) is 5.00. The van der Waals surface area contributed by atoms with E-state index in [-0.39, 0.29) is 0 Å². The van der Waals surface area contributed by atoms with Crippen LogP contribution < -0.4 is 4.74 Å². The van der Waals surface area contributed by atoms with Crippen LogP contribution in [0.15, 0.2) is 30.3 Å². The predicted molar refractivity (Wildman–Crippen MR) is 80.0 cm³/mol. The highest BCUT2D eigenvalue weighted by molar-refractivity contribution is 5.93. The number of aromatic hydroxyl groups is 1. The molecule has 19 heavy (non-hydrogen) atoms. The van der Waals surface area contributed by atoms with Crippen molar-refractivity contribution in [2.45, 2.75) is 39.5 Å². The van der Waals surface area contributed by atoms with Gasteiger partial charge < -0.3 is 9.84 Å². The quantitative estimate of drug-likeness (QED) is 0.753. The molecular formula is C17H22O2. The number of hydrogen-bond donors (Lipinski definition) is 1. The van der Waals surface area contributed by atoms with Gasteiger partial charge in [0.1, 0.15) is 11.5 Å². The van der Waals surface area contributed by atoms with Crippen LogP contribution in [0, 0.1) is 6.92 Å². The van der Waals surface area contributed by atoms with Gasteiger partial charge in [-0.25, -0.2) is 0 Å². The molecule has 2 rings (SSSR count). The number of aryl methyl sites for hydroxylation is 1. The van der Waals surface area contributed by atoms with Gasteiger partial charge in [0, 0.05) is 10.8 Å². The van der Waals surface area contributed by atoms with Gasteiger partial charge in [-0.1, -0.05) is 43.9 Å². The maximum absolute atomic E-state index is 9.87. The van der Waals surface area contributed by atoms with Gasteiger partial charge >= 0.3 is 0 Å². The molecule has 102 valence electrons. The summed E-state index contributed by atoms with van der Waals surface area (Å²) in [6, 6.07) is 9.59. The number of unbranched alkanes of at least 4 members (excludes halogenated alkanes) is 3. The van der Waals surface area contributed by atoms with Gasteiger partial charge in [-0.05, 0) is 31.5 Å². The van der Waals surface area contributed by atoms with Crippen molar-refractivity contribution in [1.29, 1.82) is 0 Å². The first kappa shape index (κ1) is 13.7. The van der Waals surface area contributed by atoms with Gasteiger partial charge in [-0.3, -0.25) is 0 Å². The molecule has 0 radical (unpaired) electrons. The largest absolute Gasteiger partial charge is 0.507 e. The fourth-order valence-electron chi connectivity index (χ4n) is 2.26. The van der Waals surface area contributed by atoms with Crippen LogP contribution in [0.25, 0.3) is 10.8 Å². The zero-order valence-electron chi connectivity index (χ0n) is 11.8. The zero-order valence-corrected chi connectivity index (χ0v) is 11.8. The molecule has 0 spiro atoms. The Morgan fingerprint density at radius 2 is 1.84 bits per heavy atom. The summed E-state index contributed by atoms with van der Waals surface area (Å²) in [5.41, 5.74) is 1.17. The highest BCUT2D eigenvalue weighted by atomic mass is 16.5. The van der Waals surface area contributed by atoms with Gasteiger partial charge in [0.05, 0.1) is 6.61 Å². The highest BCUT2D eigenvalue weighted by Gasteiger charge is 2.06. The Labute approximate surface area is 115 Å². The molecule has 0 heterocycles. The van der Waals surface area contributed by atoms with Gasteiger partial charge in [0.15, 0.2) is 0 Å². The number of fused-ring (bicyclic) bond motifs is 1. The van der Waals surface area contributed by atoms with Crippen molar-refractivity contribution < 1.29 is 9.84 Å². The molecule has 0 fully saturated rings. The Bertz CT molecular complexity index is 546. The standard InChI is InChI=1S/C17H22O2/c1-3-4-5-6-11-19-17-10-9-16(18)14-8-7-13(2)12-15(14)17/h7-10,12,18H,3-6,11H2,1-2H3. The molecule has 0 aromatic heterocycles. The van der Waals surface area contributed by atoms with E-state index >= 15 is 0 Å². The first-order valence-electron chi connectivity index (χ1n) is 7.07. The molecule has 2 nitrogen and oxygen atoms in total. The molecule has 0 saturated carbocycles. The number of benzene rings is 2. The van der Waals surface area contributed by atoms with Crippen molar-refractivity contribution in [2.24, 2.45) is 0 Å². The molecule has 0 amide bonds. The highest BCUT2D eigenvalue weighted by Crippen LogP contribution is 2.33. The molecule has 0 aliphatic carbocycles. The molecule has 0 aliphatic heterocycles. The van der Waals surface area contributed by atoms with Crippen molar-refractivity contribution in [3.8, 4) is 11.5 Å². The average Bonchev–Trinajstić information content (AvgIpc) is 2.41. The van der Waals surface area contributed by atoms with Crippen LogP contribution in [0.3, 0.4) is 0 Å². The van der Waals surface area contributed by atoms with E-state index in [4.69, 9.17) is 4.74 Å². The van der Waals surface area contributed by atoms with E-state index in [2.05, 4.69) is 19.9 Å². The van der Waals surface area contributed by atoms with Gasteiger partial charge in [0.25, 0.3) is 0 Å². The van der Waals surface area contributed by atoms with Gasteiger partial charge in [-0.15, -0.1) is 0 Å². The second-order valence-electron chi connectivity index (χ2n) is 5.04. The van der Waals surface area contributed by atoms with Crippen LogP contribution in [0.2, 0.25) is 0 Å². The van der Waals surface area contributed by atoms with E-state index in [9.17, 15) is 5.11 Å². The molecule has 2 aromatic rings. The van der Waals surface area contributed by atoms with Crippen molar-refractivity contribution in [3.63, 3.8) is 0 Å². The third-order valence-electron chi connectivity index (χ3n) is 3.36. The number of hydrogen-bond acceptors (Lipinski definition) is 2. The maximum atomic E-state index is 9.87. The monoisotopic (exact) mass is 258 g/mol. The van der Waals surface area contributed by atoms with Crippen LogP contribution in [-0.2, 0) is 0 Å². The second-order valence-corrected chi connectivity index (χ2v) is 5.04. The van der Waals surface area contributed by atoms with Crippen molar-refractivity contribution in [1.82, 2.24) is 0 Å². The Balaban J connectivity index is 2.14. The van der Waals surface area contributed by atoms with Crippen molar-refractivity contribution in [3.05, 3.63) is 35.9 Å². The van der Waals surface area contributed by atoms with Crippen LogP contribution in [0.4, 0.5) is 0 Å². The topological polar surface area (TPSA) is 29.5 Å². The van der Waals surface area contributed by atoms with E-state index < -0.39 is 0 Å². The SMILES string of the molecule is CCCCCCOc1ccc(O)c2ccc(C)cc12. The van der Waals surface area contributed by atoms with Crippen molar-refractivity contribution >= 4 is 10.8 Å². The smallest absolute Gasteiger partial charge is 0.127 e. The van der Waals surface area contributed by atoms with Crippen LogP contribution >= 0.6 is 0 Å². The molecule has 0 saturated heterocycles. The molecule has 2 heteroatoms. The van der Waals surface area contributed by atoms with E-state index in [0.717, 1.165) is 29.5 Å². The molecular weight excluding hydrogens is 236 g/mol. The first-order valence-corrected chi connectivity index (χ1v) is 7.07. The average molecular weight is 258 g/mol. The summed E-state index contributed by atoms with van der Waals surface area (Å²) in [7, 11) is 0. The third-order valence-corrected chi connectivity index (χ3v) is 3.36. The summed E-state index contributed by atoms with van der Waals surface area (Å²) in [6.07, 6.45) is 4.80. The maximum Gasteiger partial charge on any atom is 0.127 e. The first-order chi connectivity index (χ1) is 9.22. The van der Waals surface area contributed by atoms with Gasteiger partial charge in [-0.2, -0.15) is 0 Å². The third kappa shape index (κ3) is 3.40. The van der Waals surface area contributed by atoms with Crippen LogP contribution in [0.1, 0.15) is 38.2 Å². The fraction of sp³-hybridized carbons (Fsp3) is 0.412. The van der Waals surface area contributed by atoms with E-state index in [1.54, 1.807) is 6.07 Å². The molecule has 0 bridgehead atoms. The summed E-state index contributed by atoms with van der Waals surface area (Å²) in [5.74, 6) is 1.18. The lowest BCUT2D eigenvalue weighted by molar-refractivity contribution is 0.308. The lowest BCUT2D eigenvalue weighted by Crippen LogP contribution is -1.98. The van der Waals surface area contributed by atoms with Crippen LogP contribution in [-0.4, -0.2) is 11.7 Å². The van der Waals surface area contributed by atoms with E-state index in [1.807, 2.05) is 18.2 Å². The Kier molecular flexibility index (Phi) is 4.67. The number of phenols is 1. The summed E-state index contributed by atoms with van der Waals surface area (Å²) in [4.78, 5) is 0. The van der Waals surface area contributed by atoms with E-state index in [0.29, 0.717) is 5.75 Å². The Morgan fingerprint density at radius 1 is 1.00 bits per heavy atom. The minimum atomic E-state index is 0.313. The molecule has 0 aliphatic rings.